The first kappa shape index (κ1) is 26.0. The van der Waals surface area contributed by atoms with Gasteiger partial charge in [-0.05, 0) is 70.7 Å². The van der Waals surface area contributed by atoms with Gasteiger partial charge in [0.25, 0.3) is 5.91 Å². The van der Waals surface area contributed by atoms with E-state index in [0.29, 0.717) is 5.56 Å². The van der Waals surface area contributed by atoms with Crippen molar-refractivity contribution in [3.05, 3.63) is 35.6 Å². The second kappa shape index (κ2) is 9.56. The van der Waals surface area contributed by atoms with Gasteiger partial charge < -0.3 is 25.0 Å². The molecule has 4 rings (SSSR count). The molecule has 2 heterocycles. The Morgan fingerprint density at radius 2 is 1.82 bits per heavy atom. The number of carbonyl (C=O) groups excluding carboxylic acids is 3. The van der Waals surface area contributed by atoms with Gasteiger partial charge in [-0.2, -0.15) is 0 Å². The molecule has 0 bridgehead atoms. The summed E-state index contributed by atoms with van der Waals surface area (Å²) in [5.41, 5.74) is -0.203. The second-order valence-electron chi connectivity index (χ2n) is 9.23. The minimum absolute atomic E-state index is 0. The van der Waals surface area contributed by atoms with Gasteiger partial charge in [-0.1, -0.05) is 5.16 Å². The summed E-state index contributed by atoms with van der Waals surface area (Å²) in [5.74, 6) is -2.92. The number of thioether (sulfide) groups is 1. The van der Waals surface area contributed by atoms with Gasteiger partial charge in [0, 0.05) is 10.3 Å². The predicted octanol–water partition coefficient (Wildman–Crippen LogP) is -1.82. The van der Waals surface area contributed by atoms with Crippen LogP contribution < -0.4 is 40.0 Å². The van der Waals surface area contributed by atoms with E-state index in [1.807, 2.05) is 6.92 Å². The van der Waals surface area contributed by atoms with Gasteiger partial charge in [0.05, 0.1) is 12.0 Å². The molecule has 8 nitrogen and oxygen atoms in total. The molecular weight excluding hydrogens is 460 g/mol. The predicted molar refractivity (Wildman–Crippen MR) is 114 cm³/mol. The average Bonchev–Trinajstić information content (AvgIpc) is 3.26. The van der Waals surface area contributed by atoms with Gasteiger partial charge in [-0.25, -0.2) is 4.39 Å². The first-order valence-electron chi connectivity index (χ1n) is 10.6. The van der Waals surface area contributed by atoms with Crippen molar-refractivity contribution in [3.63, 3.8) is 0 Å². The molecule has 1 aromatic rings. The fourth-order valence-electron chi connectivity index (χ4n) is 4.54. The largest absolute Gasteiger partial charge is 1.00 e. The number of benzene rings is 1. The maximum absolute atomic E-state index is 13.4. The van der Waals surface area contributed by atoms with Crippen LogP contribution in [0.2, 0.25) is 0 Å². The second-order valence-corrected chi connectivity index (χ2v) is 11.0. The van der Waals surface area contributed by atoms with E-state index in [4.69, 9.17) is 4.84 Å². The molecule has 3 atom stereocenters. The monoisotopic (exact) mass is 485 g/mol. The molecule has 0 spiro atoms. The smallest absolute Gasteiger partial charge is 0.548 e. The number of fused-ring (bicyclic) bond motifs is 1. The van der Waals surface area contributed by atoms with Crippen LogP contribution in [0.1, 0.15) is 52.0 Å². The van der Waals surface area contributed by atoms with E-state index in [0.717, 1.165) is 25.7 Å². The Hall–Kier alpha value is -1.62. The molecule has 3 aliphatic rings. The van der Waals surface area contributed by atoms with Crippen molar-refractivity contribution in [2.24, 2.45) is 5.16 Å². The summed E-state index contributed by atoms with van der Waals surface area (Å²) in [6.07, 6.45) is 3.63. The van der Waals surface area contributed by atoms with Crippen LogP contribution in [0.3, 0.4) is 0 Å². The third-order valence-electron chi connectivity index (χ3n) is 6.30. The topological polar surface area (TPSA) is 111 Å². The van der Waals surface area contributed by atoms with E-state index in [-0.39, 0.29) is 35.3 Å². The van der Waals surface area contributed by atoms with Crippen molar-refractivity contribution in [2.45, 2.75) is 74.3 Å². The van der Waals surface area contributed by atoms with Crippen LogP contribution in [-0.4, -0.2) is 56.2 Å². The zero-order chi connectivity index (χ0) is 23.3. The van der Waals surface area contributed by atoms with E-state index in [1.165, 1.54) is 40.9 Å². The summed E-state index contributed by atoms with van der Waals surface area (Å²) in [6, 6.07) is 3.29. The van der Waals surface area contributed by atoms with Gasteiger partial charge in [-0.3, -0.25) is 9.59 Å². The molecule has 0 unspecified atom stereocenters. The number of hydrogen-bond donors (Lipinski definition) is 1. The fourth-order valence-corrected chi connectivity index (χ4v) is 6.16. The van der Waals surface area contributed by atoms with Gasteiger partial charge >= 0.3 is 29.6 Å². The number of nitrogens with one attached hydrogen (secondary N) is 1. The number of hydrogen-bond acceptors (Lipinski definition) is 7. The minimum atomic E-state index is -1.32. The van der Waals surface area contributed by atoms with E-state index >= 15 is 0 Å². The Morgan fingerprint density at radius 1 is 1.21 bits per heavy atom. The van der Waals surface area contributed by atoms with Crippen LogP contribution >= 0.6 is 11.8 Å². The standard InChI is InChI=1S/C22H26FN3O5S.Na/c1-21(2)16(20(29)30)26-18(28)15(19(26)32-21)24-17(27)14(12-6-8-13(23)9-7-12)25-31-22(3)10-4-5-11-22;/h6-9,15-16,19H,4-5,10-11H2,1-3H3,(H,24,27)(H,29,30);/q;+1/p-1/b25-14-;/t15-,16-,19+;/m0./s1. The number of aliphatic carboxylic acids is 1. The minimum Gasteiger partial charge on any atom is -0.548 e. The van der Waals surface area contributed by atoms with Crippen molar-refractivity contribution in [2.75, 3.05) is 0 Å². The average molecular weight is 486 g/mol. The van der Waals surface area contributed by atoms with E-state index in [1.54, 1.807) is 13.8 Å². The number of carboxylic acids is 1. The maximum atomic E-state index is 13.4. The van der Waals surface area contributed by atoms with E-state index in [2.05, 4.69) is 10.5 Å². The quantitative estimate of drug-likeness (QED) is 0.220. The Bertz CT molecular complexity index is 981. The number of carboxylic acid groups (broad SMARTS) is 1. The van der Waals surface area contributed by atoms with Crippen LogP contribution in [0.5, 0.6) is 0 Å². The fraction of sp³-hybridized carbons (Fsp3) is 0.545. The van der Waals surface area contributed by atoms with Crippen molar-refractivity contribution in [3.8, 4) is 0 Å². The van der Waals surface area contributed by atoms with Crippen molar-refractivity contribution < 1.29 is 58.3 Å². The van der Waals surface area contributed by atoms with Gasteiger partial charge in [-0.15, -0.1) is 11.8 Å². The Morgan fingerprint density at radius 3 is 2.39 bits per heavy atom. The van der Waals surface area contributed by atoms with Gasteiger partial charge in [0.15, 0.2) is 5.71 Å². The molecule has 2 saturated heterocycles. The molecule has 1 N–H and O–H groups in total. The number of nitrogens with zero attached hydrogens (tertiary/aromatic N) is 2. The number of amides is 2. The molecule has 0 aromatic heterocycles. The Balaban J connectivity index is 0.00000306. The molecule has 1 saturated carbocycles. The number of oxime groups is 1. The van der Waals surface area contributed by atoms with Crippen molar-refractivity contribution >= 4 is 35.3 Å². The Kier molecular flexibility index (Phi) is 7.53. The number of rotatable bonds is 6. The molecule has 2 aliphatic heterocycles. The summed E-state index contributed by atoms with van der Waals surface area (Å²) in [5, 5.41) is 17.8. The molecule has 172 valence electrons. The normalized spacial score (nSPS) is 27.3. The van der Waals surface area contributed by atoms with Crippen LogP contribution in [0.25, 0.3) is 0 Å². The van der Waals surface area contributed by atoms with Crippen LogP contribution in [0, 0.1) is 5.82 Å². The SMILES string of the molecule is CC1(O/N=C(\C(=O)N[C@H]2C(=O)N3[C@@H]2SC(C)(C)[C@@H]3C(=O)[O-])c2ccc(F)cc2)CCCC1.[Na+]. The first-order chi connectivity index (χ1) is 15.0. The summed E-state index contributed by atoms with van der Waals surface area (Å²) in [4.78, 5) is 44.4. The first-order valence-corrected chi connectivity index (χ1v) is 11.4. The van der Waals surface area contributed by atoms with Crippen molar-refractivity contribution in [1.29, 1.82) is 0 Å². The molecular formula is C22H25FN3NaO5S. The summed E-state index contributed by atoms with van der Waals surface area (Å²) < 4.78 is 12.7. The maximum Gasteiger partial charge on any atom is 1.00 e. The molecule has 1 aliphatic carbocycles. The molecule has 11 heteroatoms. The van der Waals surface area contributed by atoms with Crippen LogP contribution in [0.4, 0.5) is 4.39 Å². The molecule has 2 amide bonds. The van der Waals surface area contributed by atoms with Crippen molar-refractivity contribution in [1.82, 2.24) is 10.2 Å². The number of halogens is 1. The summed E-state index contributed by atoms with van der Waals surface area (Å²) >= 11 is 1.30. The molecule has 33 heavy (non-hydrogen) atoms. The summed E-state index contributed by atoms with van der Waals surface area (Å²) in [6.45, 7) is 5.38. The third kappa shape index (κ3) is 4.94. The number of carbonyl (C=O) groups is 3. The molecule has 3 fully saturated rings. The Labute approximate surface area is 218 Å². The molecule has 1 aromatic carbocycles. The van der Waals surface area contributed by atoms with E-state index < -0.39 is 51.4 Å². The zero-order valence-electron chi connectivity index (χ0n) is 19.1. The number of β-lactam (4-membered cyclic amide) rings is 1. The third-order valence-corrected chi connectivity index (χ3v) is 7.87. The zero-order valence-corrected chi connectivity index (χ0v) is 21.9. The van der Waals surface area contributed by atoms with Gasteiger partial charge in [0.1, 0.15) is 22.8 Å². The van der Waals surface area contributed by atoms with E-state index in [9.17, 15) is 23.9 Å². The molecule has 0 radical (unpaired) electrons. The van der Waals surface area contributed by atoms with Gasteiger partial charge in [0.2, 0.25) is 5.91 Å². The summed E-state index contributed by atoms with van der Waals surface area (Å²) in [7, 11) is 0. The van der Waals surface area contributed by atoms with Crippen LogP contribution in [0.15, 0.2) is 29.4 Å². The van der Waals surface area contributed by atoms with Crippen LogP contribution in [-0.2, 0) is 19.2 Å².